The summed E-state index contributed by atoms with van der Waals surface area (Å²) in [6, 6.07) is 8.71. The molecule has 0 atom stereocenters. The molecule has 0 amide bonds. The summed E-state index contributed by atoms with van der Waals surface area (Å²) in [5.74, 6) is 0. The molecule has 0 N–H and O–H groups in total. The van der Waals surface area contributed by atoms with Crippen LogP contribution in [-0.2, 0) is 6.42 Å². The van der Waals surface area contributed by atoms with Gasteiger partial charge < -0.3 is 0 Å². The number of hydrogen-bond donors (Lipinski definition) is 0. The van der Waals surface area contributed by atoms with Crippen LogP contribution in [0.1, 0.15) is 16.1 Å². The average molecular weight is 353 g/mol. The van der Waals surface area contributed by atoms with Crippen molar-refractivity contribution in [3.63, 3.8) is 0 Å². The number of nitrogens with zero attached hydrogens (tertiary/aromatic N) is 2. The van der Waals surface area contributed by atoms with E-state index in [1.54, 1.807) is 11.3 Å². The molecule has 3 rings (SSSR count). The maximum atomic E-state index is 10.8. The smallest absolute Gasteiger partial charge is 0.258 e. The molecule has 22 heavy (non-hydrogen) atoms. The SMILES string of the molecule is Cc1ccc2nc(Cc3c(Cl)cc([N+](=O)[O-])cc3Cl)sc2c1. The lowest BCUT2D eigenvalue weighted by Crippen LogP contribution is -1.94. The highest BCUT2D eigenvalue weighted by atomic mass is 35.5. The minimum absolute atomic E-state index is 0.112. The summed E-state index contributed by atoms with van der Waals surface area (Å²) in [4.78, 5) is 14.8. The van der Waals surface area contributed by atoms with E-state index in [4.69, 9.17) is 23.2 Å². The molecule has 0 spiro atoms. The Balaban J connectivity index is 1.99. The number of aryl methyl sites for hydroxylation is 1. The van der Waals surface area contributed by atoms with Gasteiger partial charge >= 0.3 is 0 Å². The first kappa shape index (κ1) is 15.2. The second-order valence-electron chi connectivity index (χ2n) is 4.90. The van der Waals surface area contributed by atoms with Crippen molar-refractivity contribution >= 4 is 50.4 Å². The number of nitro benzene ring substituents is 1. The first-order chi connectivity index (χ1) is 10.4. The van der Waals surface area contributed by atoms with Gasteiger partial charge in [0.05, 0.1) is 30.2 Å². The maximum absolute atomic E-state index is 10.8. The van der Waals surface area contributed by atoms with E-state index in [1.165, 1.54) is 17.7 Å². The topological polar surface area (TPSA) is 56.0 Å². The number of hydrogen-bond acceptors (Lipinski definition) is 4. The molecule has 7 heteroatoms. The van der Waals surface area contributed by atoms with E-state index in [0.29, 0.717) is 12.0 Å². The van der Waals surface area contributed by atoms with Crippen LogP contribution in [0.5, 0.6) is 0 Å². The highest BCUT2D eigenvalue weighted by Crippen LogP contribution is 2.33. The molecule has 0 saturated carbocycles. The van der Waals surface area contributed by atoms with Gasteiger partial charge in [0.25, 0.3) is 5.69 Å². The zero-order valence-corrected chi connectivity index (χ0v) is 13.8. The van der Waals surface area contributed by atoms with Crippen LogP contribution in [0, 0.1) is 17.0 Å². The first-order valence-corrected chi connectivity index (χ1v) is 7.99. The molecule has 4 nitrogen and oxygen atoms in total. The van der Waals surface area contributed by atoms with E-state index >= 15 is 0 Å². The van der Waals surface area contributed by atoms with Gasteiger partial charge in [-0.1, -0.05) is 29.3 Å². The summed E-state index contributed by atoms with van der Waals surface area (Å²) in [7, 11) is 0. The van der Waals surface area contributed by atoms with Crippen molar-refractivity contribution in [2.45, 2.75) is 13.3 Å². The highest BCUT2D eigenvalue weighted by Gasteiger charge is 2.16. The summed E-state index contributed by atoms with van der Waals surface area (Å²) in [5, 5.41) is 12.2. The largest absolute Gasteiger partial charge is 0.272 e. The highest BCUT2D eigenvalue weighted by molar-refractivity contribution is 7.18. The molecule has 0 aliphatic carbocycles. The molecule has 0 saturated heterocycles. The molecule has 0 unspecified atom stereocenters. The van der Waals surface area contributed by atoms with E-state index in [2.05, 4.69) is 11.1 Å². The molecule has 1 heterocycles. The molecule has 2 aromatic carbocycles. The third kappa shape index (κ3) is 2.92. The van der Waals surface area contributed by atoms with E-state index in [1.807, 2.05) is 19.1 Å². The van der Waals surface area contributed by atoms with Crippen molar-refractivity contribution in [2.75, 3.05) is 0 Å². The lowest BCUT2D eigenvalue weighted by molar-refractivity contribution is -0.384. The van der Waals surface area contributed by atoms with Gasteiger partial charge in [0.2, 0.25) is 0 Å². The van der Waals surface area contributed by atoms with Crippen LogP contribution in [0.4, 0.5) is 5.69 Å². The van der Waals surface area contributed by atoms with E-state index < -0.39 is 4.92 Å². The molecule has 1 aromatic heterocycles. The number of thiazole rings is 1. The van der Waals surface area contributed by atoms with Gasteiger partial charge in [0.15, 0.2) is 0 Å². The number of non-ortho nitro benzene ring substituents is 1. The molecule has 0 radical (unpaired) electrons. The van der Waals surface area contributed by atoms with E-state index in [0.717, 1.165) is 15.2 Å². The lowest BCUT2D eigenvalue weighted by Gasteiger charge is -2.05. The number of fused-ring (bicyclic) bond motifs is 1. The Morgan fingerprint density at radius 1 is 1.23 bits per heavy atom. The Morgan fingerprint density at radius 2 is 1.91 bits per heavy atom. The summed E-state index contributed by atoms with van der Waals surface area (Å²) < 4.78 is 1.10. The molecule has 112 valence electrons. The Labute approximate surface area is 140 Å². The Kier molecular flexibility index (Phi) is 4.04. The molecule has 0 aliphatic rings. The predicted molar refractivity (Wildman–Crippen MR) is 90.3 cm³/mol. The average Bonchev–Trinajstić information content (AvgIpc) is 2.84. The second-order valence-corrected chi connectivity index (χ2v) is 6.83. The maximum Gasteiger partial charge on any atom is 0.272 e. The summed E-state index contributed by atoms with van der Waals surface area (Å²) in [6.45, 7) is 2.03. The van der Waals surface area contributed by atoms with Crippen molar-refractivity contribution in [2.24, 2.45) is 0 Å². The molecular formula is C15H10Cl2N2O2S. The van der Waals surface area contributed by atoms with Gasteiger partial charge in [-0.15, -0.1) is 11.3 Å². The fourth-order valence-electron chi connectivity index (χ4n) is 2.17. The standard InChI is InChI=1S/C15H10Cl2N2O2S/c1-8-2-3-13-14(4-8)22-15(18-13)7-10-11(16)5-9(19(20)21)6-12(10)17/h2-6H,7H2,1H3. The van der Waals surface area contributed by atoms with Gasteiger partial charge in [-0.2, -0.15) is 0 Å². The zero-order valence-electron chi connectivity index (χ0n) is 11.5. The number of nitro groups is 1. The van der Waals surface area contributed by atoms with Crippen LogP contribution in [0.2, 0.25) is 10.0 Å². The van der Waals surface area contributed by atoms with E-state index in [-0.39, 0.29) is 15.7 Å². The lowest BCUT2D eigenvalue weighted by atomic mass is 10.1. The van der Waals surface area contributed by atoms with Crippen molar-refractivity contribution in [3.05, 3.63) is 66.6 Å². The number of rotatable bonds is 3. The fourth-order valence-corrected chi connectivity index (χ4v) is 3.86. The van der Waals surface area contributed by atoms with E-state index in [9.17, 15) is 10.1 Å². The van der Waals surface area contributed by atoms with Crippen molar-refractivity contribution in [3.8, 4) is 0 Å². The van der Waals surface area contributed by atoms with Gasteiger partial charge in [0.1, 0.15) is 0 Å². The van der Waals surface area contributed by atoms with Gasteiger partial charge in [0, 0.05) is 18.6 Å². The number of halogens is 2. The minimum Gasteiger partial charge on any atom is -0.258 e. The molecule has 0 aliphatic heterocycles. The van der Waals surface area contributed by atoms with Crippen molar-refractivity contribution in [1.29, 1.82) is 0 Å². The number of aromatic nitrogens is 1. The minimum atomic E-state index is -0.512. The van der Waals surface area contributed by atoms with Crippen LogP contribution < -0.4 is 0 Å². The zero-order chi connectivity index (χ0) is 15.9. The normalized spacial score (nSPS) is 11.0. The predicted octanol–water partition coefficient (Wildman–Crippen LogP) is 5.41. The summed E-state index contributed by atoms with van der Waals surface area (Å²) in [6.07, 6.45) is 0.452. The Bertz CT molecular complexity index is 869. The quantitative estimate of drug-likeness (QED) is 0.467. The molecule has 3 aromatic rings. The van der Waals surface area contributed by atoms with Crippen LogP contribution >= 0.6 is 34.5 Å². The van der Waals surface area contributed by atoms with Crippen LogP contribution in [0.25, 0.3) is 10.2 Å². The Morgan fingerprint density at radius 3 is 2.55 bits per heavy atom. The van der Waals surface area contributed by atoms with Crippen LogP contribution in [0.3, 0.4) is 0 Å². The third-order valence-corrected chi connectivity index (χ3v) is 4.95. The fraction of sp³-hybridized carbons (Fsp3) is 0.133. The van der Waals surface area contributed by atoms with Gasteiger partial charge in [-0.25, -0.2) is 4.98 Å². The molecular weight excluding hydrogens is 343 g/mol. The number of benzene rings is 2. The monoisotopic (exact) mass is 352 g/mol. The van der Waals surface area contributed by atoms with Crippen LogP contribution in [0.15, 0.2) is 30.3 Å². The van der Waals surface area contributed by atoms with Gasteiger partial charge in [-0.05, 0) is 30.2 Å². The van der Waals surface area contributed by atoms with Crippen molar-refractivity contribution < 1.29 is 4.92 Å². The van der Waals surface area contributed by atoms with Gasteiger partial charge in [-0.3, -0.25) is 10.1 Å². The third-order valence-electron chi connectivity index (χ3n) is 3.25. The summed E-state index contributed by atoms with van der Waals surface area (Å²) in [5.41, 5.74) is 2.65. The second kappa shape index (κ2) is 5.83. The van der Waals surface area contributed by atoms with Crippen LogP contribution in [-0.4, -0.2) is 9.91 Å². The Hall–Kier alpha value is -1.69. The first-order valence-electron chi connectivity index (χ1n) is 6.42. The molecule has 0 fully saturated rings. The summed E-state index contributed by atoms with van der Waals surface area (Å²) >= 11 is 13.9. The molecule has 0 bridgehead atoms. The van der Waals surface area contributed by atoms with Crippen molar-refractivity contribution in [1.82, 2.24) is 4.98 Å².